The Morgan fingerprint density at radius 1 is 1.17 bits per heavy atom. The number of carbonyl (C=O) groups excluding carboxylic acids is 1. The maximum Gasteiger partial charge on any atom is 0.262 e. The van der Waals surface area contributed by atoms with Crippen molar-refractivity contribution in [3.8, 4) is 5.75 Å². The first-order valence-electron chi connectivity index (χ1n) is 15.3. The van der Waals surface area contributed by atoms with E-state index in [1.54, 1.807) is 13.2 Å². The lowest BCUT2D eigenvalue weighted by molar-refractivity contribution is 0.0130. The molecule has 2 bridgehead atoms. The molecule has 1 unspecified atom stereocenters. The van der Waals surface area contributed by atoms with E-state index in [1.165, 1.54) is 11.1 Å². The van der Waals surface area contributed by atoms with Crippen molar-refractivity contribution in [2.75, 3.05) is 37.5 Å². The number of anilines is 1. The van der Waals surface area contributed by atoms with Crippen LogP contribution in [0.2, 0.25) is 5.02 Å². The summed E-state index contributed by atoms with van der Waals surface area (Å²) in [5, 5.41) is 0.769. The molecule has 0 radical (unpaired) electrons. The van der Waals surface area contributed by atoms with Crippen LogP contribution in [0.4, 0.5) is 5.69 Å². The first-order chi connectivity index (χ1) is 20.1. The minimum absolute atomic E-state index is 0.0238. The summed E-state index contributed by atoms with van der Waals surface area (Å²) in [6, 6.07) is 11.9. The Bertz CT molecular complexity index is 1490. The molecule has 1 amide bonds. The van der Waals surface area contributed by atoms with Gasteiger partial charge in [-0.3, -0.25) is 9.52 Å². The van der Waals surface area contributed by atoms with E-state index in [-0.39, 0.29) is 29.3 Å². The first-order valence-corrected chi connectivity index (χ1v) is 17.5. The van der Waals surface area contributed by atoms with Crippen molar-refractivity contribution in [2.24, 2.45) is 23.7 Å². The fraction of sp³-hybridized carbons (Fsp3) is 0.529. The van der Waals surface area contributed by atoms with Gasteiger partial charge in [0.1, 0.15) is 5.75 Å². The van der Waals surface area contributed by atoms with Gasteiger partial charge in [-0.2, -0.15) is 0 Å². The SMILES string of the molecule is C=S1(=O)C[C@@H](C)[C@@H](C)/C=C/[C@H](OC)[C@@H]2CC[C@H]2CN2C[C@@]3(CCCc4cc(Cl)ccc43)COc3ccc(cc32)C(=O)N1. The Morgan fingerprint density at radius 2 is 2.00 bits per heavy atom. The Morgan fingerprint density at radius 3 is 2.76 bits per heavy atom. The van der Waals surface area contributed by atoms with Crippen LogP contribution in [0.3, 0.4) is 0 Å². The largest absolute Gasteiger partial charge is 0.490 e. The summed E-state index contributed by atoms with van der Waals surface area (Å²) in [5.41, 5.74) is 3.82. The second-order valence-electron chi connectivity index (χ2n) is 13.1. The smallest absolute Gasteiger partial charge is 0.262 e. The third kappa shape index (κ3) is 5.72. The number of hydrogen-bond acceptors (Lipinski definition) is 5. The Kier molecular flexibility index (Phi) is 8.14. The highest BCUT2D eigenvalue weighted by Gasteiger charge is 2.44. The van der Waals surface area contributed by atoms with Crippen LogP contribution in [0.25, 0.3) is 0 Å². The second kappa shape index (κ2) is 11.5. The topological polar surface area (TPSA) is 67.9 Å². The lowest BCUT2D eigenvalue weighted by Crippen LogP contribution is -2.49. The Labute approximate surface area is 255 Å². The lowest BCUT2D eigenvalue weighted by Gasteiger charge is -2.46. The number of benzene rings is 2. The zero-order valence-corrected chi connectivity index (χ0v) is 26.5. The number of amides is 1. The van der Waals surface area contributed by atoms with Crippen molar-refractivity contribution < 1.29 is 18.5 Å². The molecule has 1 saturated carbocycles. The summed E-state index contributed by atoms with van der Waals surface area (Å²) in [7, 11) is -1.04. The molecule has 4 aliphatic rings. The normalized spacial score (nSPS) is 35.6. The van der Waals surface area contributed by atoms with Gasteiger partial charge < -0.3 is 14.4 Å². The number of nitrogens with zero attached hydrogens (tertiary/aromatic N) is 1. The molecule has 226 valence electrons. The van der Waals surface area contributed by atoms with E-state index in [0.29, 0.717) is 29.8 Å². The van der Waals surface area contributed by atoms with E-state index < -0.39 is 9.71 Å². The van der Waals surface area contributed by atoms with Gasteiger partial charge in [0.05, 0.1) is 18.4 Å². The van der Waals surface area contributed by atoms with Crippen LogP contribution >= 0.6 is 11.6 Å². The number of methoxy groups -OCH3 is 1. The molecule has 42 heavy (non-hydrogen) atoms. The number of nitrogens with one attached hydrogen (secondary N) is 1. The van der Waals surface area contributed by atoms with E-state index in [1.807, 2.05) is 18.2 Å². The first kappa shape index (κ1) is 29.6. The second-order valence-corrected chi connectivity index (χ2v) is 15.7. The predicted octanol–water partition coefficient (Wildman–Crippen LogP) is 6.06. The highest BCUT2D eigenvalue weighted by Crippen LogP contribution is 2.47. The molecule has 2 aromatic carbocycles. The van der Waals surface area contributed by atoms with E-state index in [9.17, 15) is 9.00 Å². The molecule has 1 N–H and O–H groups in total. The molecular weight excluding hydrogens is 568 g/mol. The van der Waals surface area contributed by atoms with Gasteiger partial charge >= 0.3 is 0 Å². The number of ether oxygens (including phenoxy) is 2. The van der Waals surface area contributed by atoms with Crippen LogP contribution in [-0.4, -0.2) is 54.6 Å². The standard InChI is InChI=1S/C34H43ClN2O4S/c1-22-7-13-31(40-3)28-11-8-26(28)18-37-20-34(15-5-6-24-16-27(35)10-12-29(24)34)21-41-32-14-9-25(17-30(32)37)33(38)36-42(4,39)19-23(22)2/h7,9-10,12-14,16-17,22-23,26,28,31H,4-6,8,11,15,18-21H2,1-3H3,(H,36,38,39)/b13-7+/t22-,23+,26-,28+,31-,34-,42?/m0/s1. The molecule has 0 saturated heterocycles. The van der Waals surface area contributed by atoms with Crippen molar-refractivity contribution in [1.82, 2.24) is 4.72 Å². The van der Waals surface area contributed by atoms with E-state index >= 15 is 0 Å². The molecule has 8 heteroatoms. The van der Waals surface area contributed by atoms with E-state index in [0.717, 1.165) is 61.7 Å². The number of allylic oxidation sites excluding steroid dienone is 1. The van der Waals surface area contributed by atoms with Crippen molar-refractivity contribution >= 4 is 38.8 Å². The molecule has 6 rings (SSSR count). The number of rotatable bonds is 1. The molecule has 2 aromatic rings. The fourth-order valence-corrected chi connectivity index (χ4v) is 9.40. The summed E-state index contributed by atoms with van der Waals surface area (Å²) in [5.74, 6) is 5.76. The van der Waals surface area contributed by atoms with Gasteiger partial charge in [-0.1, -0.05) is 43.7 Å². The average Bonchev–Trinajstić information content (AvgIpc) is 3.08. The number of carbonyl (C=O) groups is 1. The number of halogens is 1. The summed E-state index contributed by atoms with van der Waals surface area (Å²) < 4.78 is 28.9. The third-order valence-electron chi connectivity index (χ3n) is 10.2. The van der Waals surface area contributed by atoms with Gasteiger partial charge in [0.15, 0.2) is 0 Å². The minimum Gasteiger partial charge on any atom is -0.490 e. The quantitative estimate of drug-likeness (QED) is 0.314. The zero-order chi connectivity index (χ0) is 29.6. The van der Waals surface area contributed by atoms with Crippen LogP contribution in [0.1, 0.15) is 61.0 Å². The van der Waals surface area contributed by atoms with Gasteiger partial charge in [0.25, 0.3) is 5.91 Å². The van der Waals surface area contributed by atoms with Gasteiger partial charge in [0, 0.05) is 51.7 Å². The van der Waals surface area contributed by atoms with E-state index in [4.69, 9.17) is 21.1 Å². The minimum atomic E-state index is -2.84. The lowest BCUT2D eigenvalue weighted by atomic mass is 9.68. The van der Waals surface area contributed by atoms with Crippen molar-refractivity contribution in [1.29, 1.82) is 0 Å². The van der Waals surface area contributed by atoms with Crippen LogP contribution in [0.5, 0.6) is 5.75 Å². The Balaban J connectivity index is 1.43. The molecule has 0 aromatic heterocycles. The van der Waals surface area contributed by atoms with Gasteiger partial charge in [-0.15, -0.1) is 0 Å². The van der Waals surface area contributed by atoms with Crippen molar-refractivity contribution in [2.45, 2.75) is 57.5 Å². The summed E-state index contributed by atoms with van der Waals surface area (Å²) >= 11 is 6.42. The summed E-state index contributed by atoms with van der Waals surface area (Å²) in [4.78, 5) is 15.9. The summed E-state index contributed by atoms with van der Waals surface area (Å²) in [6.07, 6.45) is 9.79. The van der Waals surface area contributed by atoms with E-state index in [2.05, 4.69) is 53.6 Å². The summed E-state index contributed by atoms with van der Waals surface area (Å²) in [6.45, 7) is 6.40. The fourth-order valence-electron chi connectivity index (χ4n) is 7.51. The zero-order valence-electron chi connectivity index (χ0n) is 24.9. The molecule has 2 heterocycles. The maximum atomic E-state index is 13.5. The number of fused-ring (bicyclic) bond motifs is 4. The highest BCUT2D eigenvalue weighted by atomic mass is 35.5. The molecule has 2 aliphatic carbocycles. The van der Waals surface area contributed by atoms with Crippen LogP contribution in [0, 0.1) is 23.7 Å². The molecule has 2 aliphatic heterocycles. The number of aryl methyl sites for hydroxylation is 1. The maximum absolute atomic E-state index is 13.5. The molecule has 6 nitrogen and oxygen atoms in total. The van der Waals surface area contributed by atoms with Crippen molar-refractivity contribution in [3.63, 3.8) is 0 Å². The van der Waals surface area contributed by atoms with Crippen LogP contribution < -0.4 is 14.4 Å². The number of hydrogen-bond donors (Lipinski definition) is 1. The average molecular weight is 611 g/mol. The monoisotopic (exact) mass is 610 g/mol. The molecule has 1 fully saturated rings. The molecule has 1 spiro atoms. The molecular formula is C34H43ClN2O4S. The predicted molar refractivity (Wildman–Crippen MR) is 172 cm³/mol. The van der Waals surface area contributed by atoms with Gasteiger partial charge in [0.2, 0.25) is 0 Å². The van der Waals surface area contributed by atoms with Gasteiger partial charge in [-0.05, 0) is 103 Å². The van der Waals surface area contributed by atoms with Gasteiger partial charge in [-0.25, -0.2) is 4.21 Å². The van der Waals surface area contributed by atoms with Crippen LogP contribution in [-0.2, 0) is 26.3 Å². The highest BCUT2D eigenvalue weighted by molar-refractivity contribution is 7.99. The van der Waals surface area contributed by atoms with Crippen molar-refractivity contribution in [3.05, 3.63) is 70.3 Å². The third-order valence-corrected chi connectivity index (χ3v) is 12.1. The van der Waals surface area contributed by atoms with Crippen LogP contribution in [0.15, 0.2) is 48.6 Å². The Hall–Kier alpha value is -2.48. The molecule has 7 atom stereocenters.